The van der Waals surface area contributed by atoms with Crippen molar-refractivity contribution in [1.82, 2.24) is 5.32 Å². The summed E-state index contributed by atoms with van der Waals surface area (Å²) in [6.45, 7) is 0.475. The molecule has 0 unspecified atom stereocenters. The number of methoxy groups -OCH3 is 1. The fourth-order valence-corrected chi connectivity index (χ4v) is 4.31. The molecule has 3 rings (SSSR count). The zero-order valence-corrected chi connectivity index (χ0v) is 18.0. The normalized spacial score (nSPS) is 10.6. The van der Waals surface area contributed by atoms with Gasteiger partial charge in [-0.2, -0.15) is 0 Å². The minimum atomic E-state index is -0.369. The van der Waals surface area contributed by atoms with E-state index in [1.165, 1.54) is 18.4 Å². The largest absolute Gasteiger partial charge is 0.465 e. The highest BCUT2D eigenvalue weighted by atomic mass is 35.5. The van der Waals surface area contributed by atoms with Gasteiger partial charge in [-0.3, -0.25) is 4.79 Å². The maximum absolute atomic E-state index is 12.7. The van der Waals surface area contributed by atoms with Gasteiger partial charge in [0.2, 0.25) is 0 Å². The van der Waals surface area contributed by atoms with Gasteiger partial charge in [0, 0.05) is 11.6 Å². The topological polar surface area (TPSA) is 55.4 Å². The number of esters is 1. The molecule has 1 aromatic heterocycles. The molecule has 4 nitrogen and oxygen atoms in total. The SMILES string of the molecule is COC(=O)c1ccc(CCNC(=O)c2sc(Cl)cc2Cc2cccc(Cl)c2)cc1. The molecule has 0 radical (unpaired) electrons. The van der Waals surface area contributed by atoms with Gasteiger partial charge in [-0.15, -0.1) is 11.3 Å². The van der Waals surface area contributed by atoms with E-state index < -0.39 is 0 Å². The van der Waals surface area contributed by atoms with E-state index in [0.717, 1.165) is 16.7 Å². The van der Waals surface area contributed by atoms with E-state index in [4.69, 9.17) is 23.2 Å². The van der Waals surface area contributed by atoms with E-state index >= 15 is 0 Å². The third kappa shape index (κ3) is 5.82. The van der Waals surface area contributed by atoms with E-state index in [9.17, 15) is 9.59 Å². The zero-order chi connectivity index (χ0) is 20.8. The number of nitrogens with one attached hydrogen (secondary N) is 1. The standard InChI is InChI=1S/C22H19Cl2NO3S/c1-28-22(27)16-7-5-14(6-8-16)9-10-25-21(26)20-17(13-19(24)29-20)11-15-3-2-4-18(23)12-15/h2-8,12-13H,9-11H2,1H3,(H,25,26). The second kappa shape index (κ2) is 9.92. The van der Waals surface area contributed by atoms with E-state index in [0.29, 0.717) is 39.2 Å². The molecule has 0 saturated carbocycles. The lowest BCUT2D eigenvalue weighted by Crippen LogP contribution is -2.25. The van der Waals surface area contributed by atoms with Crippen molar-refractivity contribution in [3.63, 3.8) is 0 Å². The highest BCUT2D eigenvalue weighted by molar-refractivity contribution is 7.18. The lowest BCUT2D eigenvalue weighted by molar-refractivity contribution is 0.0600. The third-order valence-electron chi connectivity index (χ3n) is 4.34. The fraction of sp³-hybridized carbons (Fsp3) is 0.182. The minimum Gasteiger partial charge on any atom is -0.465 e. The number of halogens is 2. The van der Waals surface area contributed by atoms with Gasteiger partial charge in [-0.1, -0.05) is 47.5 Å². The lowest BCUT2D eigenvalue weighted by Gasteiger charge is -2.07. The van der Waals surface area contributed by atoms with Gasteiger partial charge in [-0.25, -0.2) is 4.79 Å². The van der Waals surface area contributed by atoms with Crippen molar-refractivity contribution in [2.24, 2.45) is 0 Å². The van der Waals surface area contributed by atoms with E-state index in [1.54, 1.807) is 12.1 Å². The van der Waals surface area contributed by atoms with Crippen molar-refractivity contribution in [1.29, 1.82) is 0 Å². The molecule has 29 heavy (non-hydrogen) atoms. The van der Waals surface area contributed by atoms with Crippen LogP contribution in [0.15, 0.2) is 54.6 Å². The van der Waals surface area contributed by atoms with Crippen LogP contribution in [0.3, 0.4) is 0 Å². The van der Waals surface area contributed by atoms with Crippen LogP contribution in [0.4, 0.5) is 0 Å². The van der Waals surface area contributed by atoms with Crippen molar-refractivity contribution < 1.29 is 14.3 Å². The molecular formula is C22H19Cl2NO3S. The average Bonchev–Trinajstić information content (AvgIpc) is 3.08. The van der Waals surface area contributed by atoms with Crippen LogP contribution in [-0.4, -0.2) is 25.5 Å². The fourth-order valence-electron chi connectivity index (χ4n) is 2.91. The Morgan fingerprint density at radius 2 is 1.79 bits per heavy atom. The molecule has 0 aliphatic carbocycles. The maximum atomic E-state index is 12.7. The van der Waals surface area contributed by atoms with Crippen molar-refractivity contribution in [3.8, 4) is 0 Å². The molecule has 0 spiro atoms. The highest BCUT2D eigenvalue weighted by Crippen LogP contribution is 2.29. The Labute approximate surface area is 183 Å². The predicted molar refractivity (Wildman–Crippen MR) is 117 cm³/mol. The summed E-state index contributed by atoms with van der Waals surface area (Å²) in [6, 6.07) is 16.5. The first-order valence-electron chi connectivity index (χ1n) is 8.94. The number of carbonyl (C=O) groups excluding carboxylic acids is 2. The first kappa shape index (κ1) is 21.4. The highest BCUT2D eigenvalue weighted by Gasteiger charge is 2.16. The quantitative estimate of drug-likeness (QED) is 0.492. The van der Waals surface area contributed by atoms with Gasteiger partial charge in [0.1, 0.15) is 0 Å². The number of amides is 1. The van der Waals surface area contributed by atoms with Crippen molar-refractivity contribution in [2.75, 3.05) is 13.7 Å². The maximum Gasteiger partial charge on any atom is 0.337 e. The monoisotopic (exact) mass is 447 g/mol. The van der Waals surface area contributed by atoms with Crippen LogP contribution >= 0.6 is 34.5 Å². The summed E-state index contributed by atoms with van der Waals surface area (Å²) in [5.41, 5.74) is 3.41. The molecule has 0 saturated heterocycles. The van der Waals surface area contributed by atoms with Gasteiger partial charge in [0.25, 0.3) is 5.91 Å². The molecule has 1 heterocycles. The number of hydrogen-bond donors (Lipinski definition) is 1. The number of rotatable bonds is 7. The molecule has 3 aromatic rings. The third-order valence-corrected chi connectivity index (χ3v) is 5.88. The summed E-state index contributed by atoms with van der Waals surface area (Å²) in [5.74, 6) is -0.517. The molecule has 150 valence electrons. The summed E-state index contributed by atoms with van der Waals surface area (Å²) >= 11 is 13.5. The van der Waals surface area contributed by atoms with Crippen LogP contribution in [0.2, 0.25) is 9.36 Å². The van der Waals surface area contributed by atoms with Gasteiger partial charge < -0.3 is 10.1 Å². The Morgan fingerprint density at radius 1 is 1.03 bits per heavy atom. The van der Waals surface area contributed by atoms with Crippen LogP contribution in [0, 0.1) is 0 Å². The molecule has 1 amide bonds. The minimum absolute atomic E-state index is 0.148. The van der Waals surface area contributed by atoms with Gasteiger partial charge in [0.15, 0.2) is 0 Å². The van der Waals surface area contributed by atoms with Crippen LogP contribution in [0.5, 0.6) is 0 Å². The van der Waals surface area contributed by atoms with E-state index in [-0.39, 0.29) is 11.9 Å². The molecule has 0 aliphatic heterocycles. The van der Waals surface area contributed by atoms with Gasteiger partial charge >= 0.3 is 5.97 Å². The molecule has 7 heteroatoms. The second-order valence-electron chi connectivity index (χ2n) is 6.41. The first-order chi connectivity index (χ1) is 14.0. The Hall–Kier alpha value is -2.34. The number of thiophene rings is 1. The number of benzene rings is 2. The lowest BCUT2D eigenvalue weighted by atomic mass is 10.1. The molecule has 2 aromatic carbocycles. The van der Waals surface area contributed by atoms with Crippen LogP contribution in [0.1, 0.15) is 36.7 Å². The smallest absolute Gasteiger partial charge is 0.337 e. The summed E-state index contributed by atoms with van der Waals surface area (Å²) < 4.78 is 5.26. The average molecular weight is 448 g/mol. The molecule has 0 aliphatic rings. The Kier molecular flexibility index (Phi) is 7.31. The van der Waals surface area contributed by atoms with Crippen LogP contribution in [-0.2, 0) is 17.6 Å². The van der Waals surface area contributed by atoms with Crippen LogP contribution in [0.25, 0.3) is 0 Å². The number of hydrogen-bond acceptors (Lipinski definition) is 4. The van der Waals surface area contributed by atoms with Crippen LogP contribution < -0.4 is 5.32 Å². The van der Waals surface area contributed by atoms with E-state index in [1.807, 2.05) is 42.5 Å². The van der Waals surface area contributed by atoms with Gasteiger partial charge in [0.05, 0.1) is 21.9 Å². The van der Waals surface area contributed by atoms with Gasteiger partial charge in [-0.05, 0) is 59.9 Å². The molecule has 0 fully saturated rings. The predicted octanol–water partition coefficient (Wildman–Crippen LogP) is 5.40. The molecule has 0 bridgehead atoms. The Morgan fingerprint density at radius 3 is 2.48 bits per heavy atom. The first-order valence-corrected chi connectivity index (χ1v) is 10.5. The number of carbonyl (C=O) groups is 2. The molecule has 1 N–H and O–H groups in total. The second-order valence-corrected chi connectivity index (χ2v) is 8.53. The summed E-state index contributed by atoms with van der Waals surface area (Å²) in [4.78, 5) is 24.7. The van der Waals surface area contributed by atoms with Crippen molar-refractivity contribution in [2.45, 2.75) is 12.8 Å². The Balaban J connectivity index is 1.60. The summed E-state index contributed by atoms with van der Waals surface area (Å²) in [7, 11) is 1.35. The summed E-state index contributed by atoms with van der Waals surface area (Å²) in [5, 5.41) is 3.60. The molecular weight excluding hydrogens is 429 g/mol. The Bertz CT molecular complexity index is 1020. The molecule has 0 atom stereocenters. The summed E-state index contributed by atoms with van der Waals surface area (Å²) in [6.07, 6.45) is 1.23. The van der Waals surface area contributed by atoms with Crippen molar-refractivity contribution >= 4 is 46.4 Å². The zero-order valence-electron chi connectivity index (χ0n) is 15.7. The number of ether oxygens (including phenoxy) is 1. The van der Waals surface area contributed by atoms with Crippen molar-refractivity contribution in [3.05, 3.63) is 91.1 Å². The van der Waals surface area contributed by atoms with E-state index in [2.05, 4.69) is 10.1 Å².